The maximum absolute atomic E-state index is 12.5. The SMILES string of the molecule is CC1=CCCN(C(=O)c2cc(Br)cn2C(C)C)C1. The van der Waals surface area contributed by atoms with E-state index in [9.17, 15) is 4.79 Å². The Morgan fingerprint density at radius 1 is 1.44 bits per heavy atom. The summed E-state index contributed by atoms with van der Waals surface area (Å²) in [4.78, 5) is 14.5. The average molecular weight is 311 g/mol. The van der Waals surface area contributed by atoms with Crippen LogP contribution in [0.5, 0.6) is 0 Å². The fourth-order valence-corrected chi connectivity index (χ4v) is 2.73. The molecule has 0 aromatic carbocycles. The molecule has 0 bridgehead atoms. The number of amides is 1. The molecule has 0 N–H and O–H groups in total. The minimum atomic E-state index is 0.127. The van der Waals surface area contributed by atoms with E-state index in [1.807, 2.05) is 21.7 Å². The van der Waals surface area contributed by atoms with E-state index >= 15 is 0 Å². The Bertz CT molecular complexity index is 488. The molecule has 18 heavy (non-hydrogen) atoms. The van der Waals surface area contributed by atoms with Gasteiger partial charge in [-0.05, 0) is 49.2 Å². The first-order valence-corrected chi connectivity index (χ1v) is 7.10. The Morgan fingerprint density at radius 2 is 2.17 bits per heavy atom. The Morgan fingerprint density at radius 3 is 2.78 bits per heavy atom. The molecule has 1 aromatic heterocycles. The molecule has 1 aliphatic heterocycles. The summed E-state index contributed by atoms with van der Waals surface area (Å²) in [6.07, 6.45) is 5.15. The van der Waals surface area contributed by atoms with Crippen LogP contribution in [-0.4, -0.2) is 28.5 Å². The van der Waals surface area contributed by atoms with E-state index in [1.165, 1.54) is 5.57 Å². The van der Waals surface area contributed by atoms with E-state index in [2.05, 4.69) is 42.8 Å². The molecule has 0 saturated heterocycles. The summed E-state index contributed by atoms with van der Waals surface area (Å²) in [5.74, 6) is 0.127. The van der Waals surface area contributed by atoms with E-state index in [-0.39, 0.29) is 11.9 Å². The minimum absolute atomic E-state index is 0.127. The molecule has 1 aliphatic rings. The number of nitrogens with zero attached hydrogens (tertiary/aromatic N) is 2. The highest BCUT2D eigenvalue weighted by atomic mass is 79.9. The van der Waals surface area contributed by atoms with Gasteiger partial charge in [0.1, 0.15) is 5.69 Å². The molecule has 0 fully saturated rings. The number of aromatic nitrogens is 1. The number of hydrogen-bond donors (Lipinski definition) is 0. The van der Waals surface area contributed by atoms with E-state index in [0.717, 1.165) is 29.7 Å². The summed E-state index contributed by atoms with van der Waals surface area (Å²) in [7, 11) is 0. The molecule has 0 aliphatic carbocycles. The molecular formula is C14H19BrN2O. The van der Waals surface area contributed by atoms with Gasteiger partial charge in [0.05, 0.1) is 0 Å². The Kier molecular flexibility index (Phi) is 3.95. The summed E-state index contributed by atoms with van der Waals surface area (Å²) in [6.45, 7) is 7.82. The van der Waals surface area contributed by atoms with E-state index < -0.39 is 0 Å². The van der Waals surface area contributed by atoms with Gasteiger partial charge in [-0.3, -0.25) is 4.79 Å². The van der Waals surface area contributed by atoms with Gasteiger partial charge in [-0.2, -0.15) is 0 Å². The van der Waals surface area contributed by atoms with Gasteiger partial charge in [0, 0.05) is 29.8 Å². The van der Waals surface area contributed by atoms with Gasteiger partial charge in [-0.25, -0.2) is 0 Å². The molecule has 2 rings (SSSR count). The second-order valence-corrected chi connectivity index (χ2v) is 6.03. The summed E-state index contributed by atoms with van der Waals surface area (Å²) in [5, 5.41) is 0. The molecule has 0 unspecified atom stereocenters. The molecule has 4 heteroatoms. The highest BCUT2D eigenvalue weighted by Crippen LogP contribution is 2.22. The smallest absolute Gasteiger partial charge is 0.270 e. The number of carbonyl (C=O) groups is 1. The van der Waals surface area contributed by atoms with Gasteiger partial charge in [0.25, 0.3) is 5.91 Å². The Hall–Kier alpha value is -1.03. The molecule has 0 atom stereocenters. The van der Waals surface area contributed by atoms with Crippen molar-refractivity contribution in [3.05, 3.63) is 34.1 Å². The summed E-state index contributed by atoms with van der Waals surface area (Å²) in [5.41, 5.74) is 2.04. The van der Waals surface area contributed by atoms with Gasteiger partial charge >= 0.3 is 0 Å². The summed E-state index contributed by atoms with van der Waals surface area (Å²) >= 11 is 3.45. The number of carbonyl (C=O) groups excluding carboxylic acids is 1. The van der Waals surface area contributed by atoms with Crippen molar-refractivity contribution in [2.45, 2.75) is 33.2 Å². The van der Waals surface area contributed by atoms with Crippen molar-refractivity contribution < 1.29 is 4.79 Å². The molecule has 2 heterocycles. The zero-order valence-corrected chi connectivity index (χ0v) is 12.7. The fourth-order valence-electron chi connectivity index (χ4n) is 2.29. The van der Waals surface area contributed by atoms with Crippen LogP contribution in [0.25, 0.3) is 0 Å². The predicted molar refractivity (Wildman–Crippen MR) is 76.8 cm³/mol. The van der Waals surface area contributed by atoms with Crippen molar-refractivity contribution in [1.29, 1.82) is 0 Å². The van der Waals surface area contributed by atoms with Gasteiger partial charge in [0.2, 0.25) is 0 Å². The van der Waals surface area contributed by atoms with Gasteiger partial charge < -0.3 is 9.47 Å². The van der Waals surface area contributed by atoms with Crippen LogP contribution in [0.15, 0.2) is 28.4 Å². The first-order chi connectivity index (χ1) is 8.49. The number of hydrogen-bond acceptors (Lipinski definition) is 1. The van der Waals surface area contributed by atoms with Crippen molar-refractivity contribution in [2.75, 3.05) is 13.1 Å². The largest absolute Gasteiger partial charge is 0.340 e. The van der Waals surface area contributed by atoms with Crippen LogP contribution in [0.1, 0.15) is 43.7 Å². The maximum atomic E-state index is 12.5. The predicted octanol–water partition coefficient (Wildman–Crippen LogP) is 3.62. The zero-order valence-electron chi connectivity index (χ0n) is 11.1. The van der Waals surface area contributed by atoms with E-state index in [0.29, 0.717) is 0 Å². The van der Waals surface area contributed by atoms with Crippen molar-refractivity contribution in [2.24, 2.45) is 0 Å². The third kappa shape index (κ3) is 2.69. The molecule has 0 spiro atoms. The first-order valence-electron chi connectivity index (χ1n) is 6.31. The molecule has 1 aromatic rings. The minimum Gasteiger partial charge on any atom is -0.340 e. The molecule has 1 amide bonds. The molecule has 98 valence electrons. The van der Waals surface area contributed by atoms with Crippen LogP contribution >= 0.6 is 15.9 Å². The van der Waals surface area contributed by atoms with Gasteiger partial charge in [-0.15, -0.1) is 0 Å². The lowest BCUT2D eigenvalue weighted by Gasteiger charge is -2.27. The normalized spacial score (nSPS) is 16.1. The lowest BCUT2D eigenvalue weighted by Crippen LogP contribution is -2.36. The quantitative estimate of drug-likeness (QED) is 0.766. The highest BCUT2D eigenvalue weighted by Gasteiger charge is 2.22. The van der Waals surface area contributed by atoms with E-state index in [4.69, 9.17) is 0 Å². The van der Waals surface area contributed by atoms with Crippen molar-refractivity contribution in [3.63, 3.8) is 0 Å². The van der Waals surface area contributed by atoms with Crippen LogP contribution in [0, 0.1) is 0 Å². The molecule has 3 nitrogen and oxygen atoms in total. The third-order valence-corrected chi connectivity index (χ3v) is 3.64. The number of halogens is 1. The Balaban J connectivity index is 2.26. The van der Waals surface area contributed by atoms with Crippen LogP contribution in [-0.2, 0) is 0 Å². The van der Waals surface area contributed by atoms with Crippen LogP contribution in [0.3, 0.4) is 0 Å². The summed E-state index contributed by atoms with van der Waals surface area (Å²) in [6, 6.07) is 2.20. The lowest BCUT2D eigenvalue weighted by atomic mass is 10.1. The Labute approximate surface area is 117 Å². The average Bonchev–Trinajstić information content (AvgIpc) is 2.70. The highest BCUT2D eigenvalue weighted by molar-refractivity contribution is 9.10. The second kappa shape index (κ2) is 5.31. The van der Waals surface area contributed by atoms with Crippen molar-refractivity contribution in [1.82, 2.24) is 9.47 Å². The topological polar surface area (TPSA) is 25.2 Å². The molecule has 0 radical (unpaired) electrons. The van der Waals surface area contributed by atoms with Crippen LogP contribution in [0.2, 0.25) is 0 Å². The third-order valence-electron chi connectivity index (χ3n) is 3.21. The molecule has 0 saturated carbocycles. The van der Waals surface area contributed by atoms with E-state index in [1.54, 1.807) is 0 Å². The van der Waals surface area contributed by atoms with Crippen LogP contribution < -0.4 is 0 Å². The monoisotopic (exact) mass is 310 g/mol. The first kappa shape index (κ1) is 13.4. The zero-order chi connectivity index (χ0) is 13.3. The summed E-state index contributed by atoms with van der Waals surface area (Å²) < 4.78 is 2.99. The standard InChI is InChI=1S/C14H19BrN2O/c1-10(2)17-9-12(15)7-13(17)14(18)16-6-4-5-11(3)8-16/h5,7,9-10H,4,6,8H2,1-3H3. The van der Waals surface area contributed by atoms with Crippen molar-refractivity contribution >= 4 is 21.8 Å². The number of rotatable bonds is 2. The van der Waals surface area contributed by atoms with Crippen LogP contribution in [0.4, 0.5) is 0 Å². The maximum Gasteiger partial charge on any atom is 0.270 e. The van der Waals surface area contributed by atoms with Crippen molar-refractivity contribution in [3.8, 4) is 0 Å². The molecular weight excluding hydrogens is 292 g/mol. The van der Waals surface area contributed by atoms with Gasteiger partial charge in [0.15, 0.2) is 0 Å². The van der Waals surface area contributed by atoms with Gasteiger partial charge in [-0.1, -0.05) is 11.6 Å². The second-order valence-electron chi connectivity index (χ2n) is 5.11. The fraction of sp³-hybridized carbons (Fsp3) is 0.500. The lowest BCUT2D eigenvalue weighted by molar-refractivity contribution is 0.0753.